The number of nitrogen functional groups attached to an aromatic ring is 1. The number of hydrogen-bond acceptors (Lipinski definition) is 2. The molecule has 1 aromatic rings. The molecule has 0 aliphatic rings. The van der Waals surface area contributed by atoms with Crippen LogP contribution in [0.4, 0.5) is 5.88 Å². The maximum Gasteiger partial charge on any atom is 0.193 e. The van der Waals surface area contributed by atoms with Crippen LogP contribution in [0.25, 0.3) is 0 Å². The molecular weight excluding hydrogens is 222 g/mol. The molecule has 104 valence electrons. The smallest absolute Gasteiger partial charge is 0.193 e. The van der Waals surface area contributed by atoms with Crippen LogP contribution in [-0.2, 0) is 6.42 Å². The van der Waals surface area contributed by atoms with E-state index in [0.717, 1.165) is 6.42 Å². The average molecular weight is 251 g/mol. The fraction of sp³-hybridized carbons (Fsp3) is 0.750. The Morgan fingerprint density at radius 3 is 1.94 bits per heavy atom. The molecule has 18 heavy (non-hydrogen) atoms. The van der Waals surface area contributed by atoms with Crippen LogP contribution in [0, 0.1) is 0 Å². The third-order valence-electron chi connectivity index (χ3n) is 3.58. The van der Waals surface area contributed by atoms with Crippen molar-refractivity contribution in [3.05, 3.63) is 17.9 Å². The van der Waals surface area contributed by atoms with Crippen LogP contribution in [0.15, 0.2) is 16.7 Å². The molecule has 1 aromatic heterocycles. The van der Waals surface area contributed by atoms with Crippen molar-refractivity contribution in [2.24, 2.45) is 0 Å². The van der Waals surface area contributed by atoms with E-state index >= 15 is 0 Å². The normalized spacial score (nSPS) is 10.9. The Labute approximate surface area is 112 Å². The Bertz CT molecular complexity index is 293. The van der Waals surface area contributed by atoms with Gasteiger partial charge < -0.3 is 10.2 Å². The van der Waals surface area contributed by atoms with E-state index in [9.17, 15) is 0 Å². The SMILES string of the molecule is CCCCCCCCCCCCc1ccoc1N. The van der Waals surface area contributed by atoms with Crippen LogP contribution in [0.5, 0.6) is 0 Å². The van der Waals surface area contributed by atoms with Gasteiger partial charge in [-0.15, -0.1) is 0 Å². The van der Waals surface area contributed by atoms with Gasteiger partial charge in [-0.2, -0.15) is 0 Å². The van der Waals surface area contributed by atoms with Crippen LogP contribution < -0.4 is 5.73 Å². The average Bonchev–Trinajstić information content (AvgIpc) is 2.77. The van der Waals surface area contributed by atoms with Gasteiger partial charge in [0.2, 0.25) is 0 Å². The number of anilines is 1. The maximum absolute atomic E-state index is 5.69. The summed E-state index contributed by atoms with van der Waals surface area (Å²) < 4.78 is 5.08. The van der Waals surface area contributed by atoms with Gasteiger partial charge in [0.25, 0.3) is 0 Å². The molecular formula is C16H29NO. The molecule has 0 aliphatic carbocycles. The lowest BCUT2D eigenvalue weighted by atomic mass is 10.0. The molecule has 0 fully saturated rings. The summed E-state index contributed by atoms with van der Waals surface area (Å²) in [6, 6.07) is 1.99. The summed E-state index contributed by atoms with van der Waals surface area (Å²) in [6.07, 6.45) is 16.5. The minimum Gasteiger partial charge on any atom is -0.449 e. The number of rotatable bonds is 11. The molecule has 0 aliphatic heterocycles. The van der Waals surface area contributed by atoms with Gasteiger partial charge in [-0.3, -0.25) is 0 Å². The number of aryl methyl sites for hydroxylation is 1. The van der Waals surface area contributed by atoms with Gasteiger partial charge in [0.1, 0.15) is 0 Å². The van der Waals surface area contributed by atoms with Gasteiger partial charge >= 0.3 is 0 Å². The lowest BCUT2D eigenvalue weighted by Gasteiger charge is -2.02. The Morgan fingerprint density at radius 1 is 0.889 bits per heavy atom. The summed E-state index contributed by atoms with van der Waals surface area (Å²) >= 11 is 0. The van der Waals surface area contributed by atoms with Crippen molar-refractivity contribution in [1.82, 2.24) is 0 Å². The first kappa shape index (κ1) is 15.1. The molecule has 1 heterocycles. The lowest BCUT2D eigenvalue weighted by Crippen LogP contribution is -1.90. The van der Waals surface area contributed by atoms with E-state index in [1.165, 1.54) is 69.8 Å². The molecule has 0 unspecified atom stereocenters. The molecule has 0 amide bonds. The quantitative estimate of drug-likeness (QED) is 0.540. The van der Waals surface area contributed by atoms with E-state index in [1.807, 2.05) is 6.07 Å². The highest BCUT2D eigenvalue weighted by molar-refractivity contribution is 5.35. The van der Waals surface area contributed by atoms with Crippen LogP contribution >= 0.6 is 0 Å². The van der Waals surface area contributed by atoms with Gasteiger partial charge in [-0.1, -0.05) is 64.7 Å². The number of nitrogens with two attached hydrogens (primary N) is 1. The van der Waals surface area contributed by atoms with Crippen molar-refractivity contribution in [3.8, 4) is 0 Å². The van der Waals surface area contributed by atoms with Crippen molar-refractivity contribution in [3.63, 3.8) is 0 Å². The summed E-state index contributed by atoms with van der Waals surface area (Å²) in [5.41, 5.74) is 6.87. The van der Waals surface area contributed by atoms with E-state index < -0.39 is 0 Å². The fourth-order valence-electron chi connectivity index (χ4n) is 2.36. The topological polar surface area (TPSA) is 39.2 Å². The van der Waals surface area contributed by atoms with Crippen molar-refractivity contribution in [2.75, 3.05) is 5.73 Å². The van der Waals surface area contributed by atoms with E-state index in [-0.39, 0.29) is 0 Å². The summed E-state index contributed by atoms with van der Waals surface area (Å²) in [7, 11) is 0. The van der Waals surface area contributed by atoms with Crippen LogP contribution in [0.3, 0.4) is 0 Å². The molecule has 0 atom stereocenters. The standard InChI is InChI=1S/C16H29NO/c1-2-3-4-5-6-7-8-9-10-11-12-15-13-14-18-16(15)17/h13-14H,2-12,17H2,1H3. The molecule has 1 rings (SSSR count). The largest absolute Gasteiger partial charge is 0.449 e. The predicted molar refractivity (Wildman–Crippen MR) is 78.7 cm³/mol. The Morgan fingerprint density at radius 2 is 1.44 bits per heavy atom. The molecule has 2 nitrogen and oxygen atoms in total. The summed E-state index contributed by atoms with van der Waals surface area (Å²) in [4.78, 5) is 0. The first-order valence-electron chi connectivity index (χ1n) is 7.66. The van der Waals surface area contributed by atoms with Gasteiger partial charge in [0, 0.05) is 5.56 Å². The van der Waals surface area contributed by atoms with E-state index in [0.29, 0.717) is 5.88 Å². The Hall–Kier alpha value is -0.920. The molecule has 0 radical (unpaired) electrons. The first-order chi connectivity index (χ1) is 8.84. The highest BCUT2D eigenvalue weighted by Gasteiger charge is 2.01. The minimum atomic E-state index is 0.603. The minimum absolute atomic E-state index is 0.603. The van der Waals surface area contributed by atoms with Gasteiger partial charge in [-0.05, 0) is 18.9 Å². The van der Waals surface area contributed by atoms with Crippen LogP contribution in [-0.4, -0.2) is 0 Å². The zero-order valence-corrected chi connectivity index (χ0v) is 11.9. The lowest BCUT2D eigenvalue weighted by molar-refractivity contribution is 0.554. The van der Waals surface area contributed by atoms with Crippen molar-refractivity contribution < 1.29 is 4.42 Å². The molecule has 2 heteroatoms. The second-order valence-electron chi connectivity index (χ2n) is 5.24. The second kappa shape index (κ2) is 10.0. The highest BCUT2D eigenvalue weighted by atomic mass is 16.3. The summed E-state index contributed by atoms with van der Waals surface area (Å²) in [6.45, 7) is 2.27. The molecule has 0 bridgehead atoms. The van der Waals surface area contributed by atoms with Gasteiger partial charge in [0.05, 0.1) is 6.26 Å². The van der Waals surface area contributed by atoms with E-state index in [1.54, 1.807) is 6.26 Å². The van der Waals surface area contributed by atoms with Crippen LogP contribution in [0.1, 0.15) is 76.7 Å². The van der Waals surface area contributed by atoms with Crippen molar-refractivity contribution in [1.29, 1.82) is 0 Å². The van der Waals surface area contributed by atoms with Crippen LogP contribution in [0.2, 0.25) is 0 Å². The van der Waals surface area contributed by atoms with Crippen molar-refractivity contribution in [2.45, 2.75) is 77.6 Å². The van der Waals surface area contributed by atoms with Gasteiger partial charge in [-0.25, -0.2) is 0 Å². The molecule has 2 N–H and O–H groups in total. The summed E-state index contributed by atoms with van der Waals surface area (Å²) in [5, 5.41) is 0. The Balaban J connectivity index is 1.83. The zero-order valence-electron chi connectivity index (χ0n) is 11.9. The molecule has 0 spiro atoms. The number of hydrogen-bond donors (Lipinski definition) is 1. The third-order valence-corrected chi connectivity index (χ3v) is 3.58. The predicted octanol–water partition coefficient (Wildman–Crippen LogP) is 5.33. The third kappa shape index (κ3) is 6.73. The Kier molecular flexibility index (Phi) is 8.45. The molecule has 0 saturated heterocycles. The fourth-order valence-corrected chi connectivity index (χ4v) is 2.36. The maximum atomic E-state index is 5.69. The number of furan rings is 1. The molecule has 0 saturated carbocycles. The molecule has 0 aromatic carbocycles. The highest BCUT2D eigenvalue weighted by Crippen LogP contribution is 2.17. The van der Waals surface area contributed by atoms with Gasteiger partial charge in [0.15, 0.2) is 5.88 Å². The second-order valence-corrected chi connectivity index (χ2v) is 5.24. The summed E-state index contributed by atoms with van der Waals surface area (Å²) in [5.74, 6) is 0.603. The number of unbranched alkanes of at least 4 members (excludes halogenated alkanes) is 9. The monoisotopic (exact) mass is 251 g/mol. The first-order valence-corrected chi connectivity index (χ1v) is 7.66. The zero-order chi connectivity index (χ0) is 13.1. The van der Waals surface area contributed by atoms with E-state index in [4.69, 9.17) is 10.2 Å². The van der Waals surface area contributed by atoms with Crippen molar-refractivity contribution >= 4 is 5.88 Å². The van der Waals surface area contributed by atoms with E-state index in [2.05, 4.69) is 6.92 Å².